The van der Waals surface area contributed by atoms with Crippen molar-refractivity contribution in [3.8, 4) is 11.5 Å². The van der Waals surface area contributed by atoms with Crippen LogP contribution in [-0.4, -0.2) is 19.2 Å². The Bertz CT molecular complexity index is 962. The SMILES string of the molecule is Cc1oc2ccccc2c1CN=C(N)Nc1ccc2c(c1)OCCCO2. The highest BCUT2D eigenvalue weighted by atomic mass is 16.5. The van der Waals surface area contributed by atoms with E-state index in [9.17, 15) is 0 Å². The Labute approximate surface area is 151 Å². The van der Waals surface area contributed by atoms with Gasteiger partial charge in [0.15, 0.2) is 17.5 Å². The first-order valence-corrected chi connectivity index (χ1v) is 8.64. The molecule has 0 bridgehead atoms. The molecule has 0 aliphatic carbocycles. The van der Waals surface area contributed by atoms with E-state index in [2.05, 4.69) is 10.3 Å². The summed E-state index contributed by atoms with van der Waals surface area (Å²) in [6, 6.07) is 13.6. The van der Waals surface area contributed by atoms with Crippen LogP contribution in [0.4, 0.5) is 5.69 Å². The third-order valence-electron chi connectivity index (χ3n) is 4.33. The van der Waals surface area contributed by atoms with Crippen LogP contribution in [0, 0.1) is 6.92 Å². The Morgan fingerprint density at radius 3 is 2.81 bits per heavy atom. The molecular weight excluding hydrogens is 330 g/mol. The first-order valence-electron chi connectivity index (χ1n) is 8.64. The zero-order valence-corrected chi connectivity index (χ0v) is 14.6. The number of aliphatic imine (C=N–C) groups is 1. The number of fused-ring (bicyclic) bond motifs is 2. The van der Waals surface area contributed by atoms with Crippen LogP contribution >= 0.6 is 0 Å². The molecule has 6 heteroatoms. The molecule has 0 radical (unpaired) electrons. The Morgan fingerprint density at radius 1 is 1.12 bits per heavy atom. The van der Waals surface area contributed by atoms with Gasteiger partial charge in [-0.25, -0.2) is 4.99 Å². The molecule has 2 heterocycles. The molecule has 0 fully saturated rings. The Morgan fingerprint density at radius 2 is 1.92 bits per heavy atom. The first-order chi connectivity index (χ1) is 12.7. The number of hydrogen-bond acceptors (Lipinski definition) is 4. The lowest BCUT2D eigenvalue weighted by atomic mass is 10.1. The molecule has 4 rings (SSSR count). The number of guanidine groups is 1. The van der Waals surface area contributed by atoms with Gasteiger partial charge >= 0.3 is 0 Å². The second-order valence-electron chi connectivity index (χ2n) is 6.17. The molecule has 1 aromatic heterocycles. The number of nitrogens with one attached hydrogen (secondary N) is 1. The van der Waals surface area contributed by atoms with E-state index < -0.39 is 0 Å². The lowest BCUT2D eigenvalue weighted by Crippen LogP contribution is -2.22. The first kappa shape index (κ1) is 16.3. The van der Waals surface area contributed by atoms with Gasteiger partial charge in [0.05, 0.1) is 19.8 Å². The van der Waals surface area contributed by atoms with Gasteiger partial charge in [-0.1, -0.05) is 18.2 Å². The van der Waals surface area contributed by atoms with Gasteiger partial charge in [-0.15, -0.1) is 0 Å². The minimum Gasteiger partial charge on any atom is -0.490 e. The predicted molar refractivity (Wildman–Crippen MR) is 102 cm³/mol. The quantitative estimate of drug-likeness (QED) is 0.553. The highest BCUT2D eigenvalue weighted by molar-refractivity contribution is 5.93. The van der Waals surface area contributed by atoms with Crippen molar-refractivity contribution in [2.45, 2.75) is 19.9 Å². The van der Waals surface area contributed by atoms with Gasteiger partial charge in [-0.2, -0.15) is 0 Å². The summed E-state index contributed by atoms with van der Waals surface area (Å²) in [5.41, 5.74) is 8.78. The number of nitrogens with zero attached hydrogens (tertiary/aromatic N) is 1. The lowest BCUT2D eigenvalue weighted by Gasteiger charge is -2.10. The average Bonchev–Trinajstić information content (AvgIpc) is 2.79. The maximum absolute atomic E-state index is 6.06. The molecule has 3 N–H and O–H groups in total. The zero-order chi connectivity index (χ0) is 17.9. The van der Waals surface area contributed by atoms with Crippen molar-refractivity contribution in [3.05, 3.63) is 53.8 Å². The number of nitrogens with two attached hydrogens (primary N) is 1. The van der Waals surface area contributed by atoms with Gasteiger partial charge in [0.25, 0.3) is 0 Å². The minimum atomic E-state index is 0.337. The summed E-state index contributed by atoms with van der Waals surface area (Å²) in [6.45, 7) is 3.71. The average molecular weight is 351 g/mol. The van der Waals surface area contributed by atoms with Crippen molar-refractivity contribution in [3.63, 3.8) is 0 Å². The fourth-order valence-corrected chi connectivity index (χ4v) is 3.01. The van der Waals surface area contributed by atoms with Gasteiger partial charge in [-0.05, 0) is 25.1 Å². The van der Waals surface area contributed by atoms with Crippen LogP contribution in [0.1, 0.15) is 17.7 Å². The standard InChI is InChI=1S/C20H21N3O3/c1-13-16(15-5-2-3-6-17(15)26-13)12-22-20(21)23-14-7-8-18-19(11-14)25-10-4-9-24-18/h2-3,5-8,11H,4,9-10,12H2,1H3,(H3,21,22,23). The fraction of sp³-hybridized carbons (Fsp3) is 0.250. The van der Waals surface area contributed by atoms with Crippen LogP contribution in [0.25, 0.3) is 11.0 Å². The van der Waals surface area contributed by atoms with Gasteiger partial charge in [-0.3, -0.25) is 0 Å². The summed E-state index contributed by atoms with van der Waals surface area (Å²) in [4.78, 5) is 4.45. The molecule has 3 aromatic rings. The molecule has 6 nitrogen and oxygen atoms in total. The third-order valence-corrected chi connectivity index (χ3v) is 4.33. The molecule has 2 aromatic carbocycles. The fourth-order valence-electron chi connectivity index (χ4n) is 3.01. The minimum absolute atomic E-state index is 0.337. The van der Waals surface area contributed by atoms with Crippen LogP contribution in [0.15, 0.2) is 51.9 Å². The lowest BCUT2D eigenvalue weighted by molar-refractivity contribution is 0.297. The van der Waals surface area contributed by atoms with Crippen LogP contribution < -0.4 is 20.5 Å². The monoisotopic (exact) mass is 351 g/mol. The second-order valence-corrected chi connectivity index (χ2v) is 6.17. The number of hydrogen-bond donors (Lipinski definition) is 2. The van der Waals surface area contributed by atoms with E-state index in [0.29, 0.717) is 25.7 Å². The van der Waals surface area contributed by atoms with Gasteiger partial charge in [0.2, 0.25) is 0 Å². The number of benzene rings is 2. The number of furan rings is 1. The molecule has 0 atom stereocenters. The number of anilines is 1. The van der Waals surface area contributed by atoms with Gasteiger partial charge in [0, 0.05) is 29.1 Å². The molecule has 0 saturated heterocycles. The molecule has 0 amide bonds. The van der Waals surface area contributed by atoms with E-state index in [1.807, 2.05) is 49.4 Å². The molecule has 0 saturated carbocycles. The number of ether oxygens (including phenoxy) is 2. The maximum Gasteiger partial charge on any atom is 0.193 e. The summed E-state index contributed by atoms with van der Waals surface area (Å²) in [6.07, 6.45) is 0.874. The van der Waals surface area contributed by atoms with E-state index in [4.69, 9.17) is 19.6 Å². The molecule has 0 unspecified atom stereocenters. The van der Waals surface area contributed by atoms with Crippen molar-refractivity contribution < 1.29 is 13.9 Å². The molecule has 1 aliphatic heterocycles. The summed E-state index contributed by atoms with van der Waals surface area (Å²) < 4.78 is 17.1. The zero-order valence-electron chi connectivity index (χ0n) is 14.6. The molecule has 0 spiro atoms. The predicted octanol–water partition coefficient (Wildman–Crippen LogP) is 3.83. The normalized spacial score (nSPS) is 14.3. The van der Waals surface area contributed by atoms with Crippen LogP contribution in [0.2, 0.25) is 0 Å². The van der Waals surface area contributed by atoms with Crippen LogP contribution in [0.3, 0.4) is 0 Å². The van der Waals surface area contributed by atoms with Crippen LogP contribution in [-0.2, 0) is 6.54 Å². The van der Waals surface area contributed by atoms with Crippen molar-refractivity contribution in [1.82, 2.24) is 0 Å². The molecule has 134 valence electrons. The van der Waals surface area contributed by atoms with Crippen molar-refractivity contribution >= 4 is 22.6 Å². The smallest absolute Gasteiger partial charge is 0.193 e. The topological polar surface area (TPSA) is 82.0 Å². The molecule has 1 aliphatic rings. The van der Waals surface area contributed by atoms with Crippen molar-refractivity contribution in [2.75, 3.05) is 18.5 Å². The Hall–Kier alpha value is -3.15. The van der Waals surface area contributed by atoms with E-state index in [0.717, 1.165) is 45.9 Å². The number of rotatable bonds is 3. The van der Waals surface area contributed by atoms with Crippen LogP contribution in [0.5, 0.6) is 11.5 Å². The maximum atomic E-state index is 6.06. The van der Waals surface area contributed by atoms with E-state index in [1.165, 1.54) is 0 Å². The van der Waals surface area contributed by atoms with E-state index >= 15 is 0 Å². The summed E-state index contributed by atoms with van der Waals surface area (Å²) in [7, 11) is 0. The highest BCUT2D eigenvalue weighted by Gasteiger charge is 2.12. The Kier molecular flexibility index (Phi) is 4.39. The molecule has 26 heavy (non-hydrogen) atoms. The van der Waals surface area contributed by atoms with Gasteiger partial charge in [0.1, 0.15) is 11.3 Å². The number of aryl methyl sites for hydroxylation is 1. The Balaban J connectivity index is 1.50. The summed E-state index contributed by atoms with van der Waals surface area (Å²) in [5, 5.41) is 4.17. The van der Waals surface area contributed by atoms with Gasteiger partial charge < -0.3 is 24.9 Å². The van der Waals surface area contributed by atoms with E-state index in [1.54, 1.807) is 0 Å². The third kappa shape index (κ3) is 3.31. The number of para-hydroxylation sites is 1. The molecular formula is C20H21N3O3. The van der Waals surface area contributed by atoms with Crippen molar-refractivity contribution in [2.24, 2.45) is 10.7 Å². The second kappa shape index (κ2) is 7.00. The van der Waals surface area contributed by atoms with Crippen molar-refractivity contribution in [1.29, 1.82) is 0 Å². The summed E-state index contributed by atoms with van der Waals surface area (Å²) in [5.74, 6) is 2.67. The highest BCUT2D eigenvalue weighted by Crippen LogP contribution is 2.32. The van der Waals surface area contributed by atoms with E-state index in [-0.39, 0.29) is 0 Å². The largest absolute Gasteiger partial charge is 0.490 e. The summed E-state index contributed by atoms with van der Waals surface area (Å²) >= 11 is 0.